The van der Waals surface area contributed by atoms with Gasteiger partial charge in [0, 0.05) is 11.0 Å². The molecular formula is C20H27N3O3S. The van der Waals surface area contributed by atoms with Crippen LogP contribution >= 0.6 is 11.8 Å². The van der Waals surface area contributed by atoms with Crippen LogP contribution in [0.4, 0.5) is 5.69 Å². The van der Waals surface area contributed by atoms with Crippen molar-refractivity contribution in [1.82, 2.24) is 0 Å². The summed E-state index contributed by atoms with van der Waals surface area (Å²) >= 11 is 1.30. The van der Waals surface area contributed by atoms with Gasteiger partial charge in [-0.15, -0.1) is 0 Å². The topological polar surface area (TPSA) is 105 Å². The molecule has 0 spiro atoms. The van der Waals surface area contributed by atoms with Crippen molar-refractivity contribution in [3.8, 4) is 17.2 Å². The van der Waals surface area contributed by atoms with Gasteiger partial charge in [-0.1, -0.05) is 38.6 Å². The fourth-order valence-electron chi connectivity index (χ4n) is 2.58. The lowest BCUT2D eigenvalue weighted by Crippen LogP contribution is -2.31. The molecule has 0 aliphatic heterocycles. The fourth-order valence-corrected chi connectivity index (χ4v) is 3.38. The molecule has 0 amide bonds. The quantitative estimate of drug-likeness (QED) is 0.348. The van der Waals surface area contributed by atoms with Crippen LogP contribution < -0.4 is 21.3 Å². The summed E-state index contributed by atoms with van der Waals surface area (Å²) < 4.78 is 5.29. The van der Waals surface area contributed by atoms with Crippen molar-refractivity contribution >= 4 is 17.4 Å². The molecule has 0 bridgehead atoms. The molecule has 0 heterocycles. The maximum atomic E-state index is 10.3. The summed E-state index contributed by atoms with van der Waals surface area (Å²) in [6.07, 6.45) is 0. The van der Waals surface area contributed by atoms with Crippen LogP contribution in [-0.2, 0) is 5.41 Å². The minimum absolute atomic E-state index is 0.0722. The third-order valence-electron chi connectivity index (χ3n) is 4.14. The minimum Gasteiger partial charge on any atom is -0.508 e. The number of nitrogens with zero attached hydrogens (tertiary/aromatic N) is 1. The molecule has 0 unspecified atom stereocenters. The predicted octanol–water partition coefficient (Wildman–Crippen LogP) is 4.02. The lowest BCUT2D eigenvalue weighted by molar-refractivity contribution is 0.412. The molecule has 0 atom stereocenters. The number of anilines is 1. The van der Waals surface area contributed by atoms with Crippen molar-refractivity contribution in [3.05, 3.63) is 52.7 Å². The Labute approximate surface area is 164 Å². The molecule has 0 fully saturated rings. The molecule has 6 N–H and O–H groups in total. The number of phenolic OH excluding ortho intramolecular Hbond substituents is 2. The zero-order valence-corrected chi connectivity index (χ0v) is 17.1. The number of hydrogen-bond acceptors (Lipinski definition) is 7. The second-order valence-corrected chi connectivity index (χ2v) is 8.32. The van der Waals surface area contributed by atoms with E-state index in [1.807, 2.05) is 32.9 Å². The molecular weight excluding hydrogens is 362 g/mol. The molecule has 2 aromatic carbocycles. The number of thioether (sulfide) groups is 1. The van der Waals surface area contributed by atoms with Crippen molar-refractivity contribution in [2.45, 2.75) is 38.0 Å². The van der Waals surface area contributed by atoms with Gasteiger partial charge in [0.1, 0.15) is 22.9 Å². The molecule has 0 aliphatic carbocycles. The van der Waals surface area contributed by atoms with E-state index in [1.165, 1.54) is 36.0 Å². The average molecular weight is 390 g/mol. The van der Waals surface area contributed by atoms with Crippen LogP contribution in [0.15, 0.2) is 52.0 Å². The molecule has 2 aromatic rings. The maximum absolute atomic E-state index is 10.3. The highest BCUT2D eigenvalue weighted by Crippen LogP contribution is 2.37. The fraction of sp³-hybridized carbons (Fsp3) is 0.300. The monoisotopic (exact) mass is 389 g/mol. The molecule has 7 heteroatoms. The highest BCUT2D eigenvalue weighted by Gasteiger charge is 2.19. The van der Waals surface area contributed by atoms with Gasteiger partial charge >= 0.3 is 0 Å². The second-order valence-electron chi connectivity index (χ2n) is 7.21. The maximum Gasteiger partial charge on any atom is 0.144 e. The lowest BCUT2D eigenvalue weighted by Gasteiger charge is -2.23. The molecule has 27 heavy (non-hydrogen) atoms. The van der Waals surface area contributed by atoms with Gasteiger partial charge in [0.15, 0.2) is 0 Å². The van der Waals surface area contributed by atoms with Crippen molar-refractivity contribution < 1.29 is 14.9 Å². The first-order chi connectivity index (χ1) is 12.5. The Balaban J connectivity index is 2.30. The van der Waals surface area contributed by atoms with Gasteiger partial charge in [-0.25, -0.2) is 5.84 Å². The summed E-state index contributed by atoms with van der Waals surface area (Å²) in [5, 5.41) is 21.9. The summed E-state index contributed by atoms with van der Waals surface area (Å²) in [6.45, 7) is 7.90. The van der Waals surface area contributed by atoms with Crippen LogP contribution in [-0.4, -0.2) is 17.3 Å². The number of phenols is 2. The number of hydrazine groups is 1. The van der Waals surface area contributed by atoms with E-state index in [0.29, 0.717) is 22.2 Å². The second kappa shape index (κ2) is 8.02. The van der Waals surface area contributed by atoms with Crippen LogP contribution in [0.3, 0.4) is 0 Å². The number of rotatable bonds is 5. The number of aromatic hydroxyl groups is 2. The number of ether oxygens (including phenoxy) is 1. The van der Waals surface area contributed by atoms with Crippen molar-refractivity contribution in [3.63, 3.8) is 0 Å². The van der Waals surface area contributed by atoms with E-state index in [9.17, 15) is 10.2 Å². The SMILES string of the molecule is COc1ccc(O)cc1N(N)/C(C)=C(\N)Sc1ccc(C(C)(C)C)c(O)c1. The first kappa shape index (κ1) is 20.8. The van der Waals surface area contributed by atoms with Gasteiger partial charge in [0.2, 0.25) is 0 Å². The van der Waals surface area contributed by atoms with E-state index in [0.717, 1.165) is 10.5 Å². The normalized spacial score (nSPS) is 12.5. The lowest BCUT2D eigenvalue weighted by atomic mass is 9.86. The van der Waals surface area contributed by atoms with Gasteiger partial charge in [0.05, 0.1) is 17.8 Å². The third-order valence-corrected chi connectivity index (χ3v) is 5.15. The Kier molecular flexibility index (Phi) is 6.18. The number of methoxy groups -OCH3 is 1. The Morgan fingerprint density at radius 2 is 1.78 bits per heavy atom. The Morgan fingerprint density at radius 1 is 1.11 bits per heavy atom. The Morgan fingerprint density at radius 3 is 2.33 bits per heavy atom. The highest BCUT2D eigenvalue weighted by atomic mass is 32.2. The average Bonchev–Trinajstić information content (AvgIpc) is 2.59. The highest BCUT2D eigenvalue weighted by molar-refractivity contribution is 8.03. The zero-order chi connectivity index (χ0) is 20.4. The minimum atomic E-state index is -0.148. The molecule has 0 aromatic heterocycles. The van der Waals surface area contributed by atoms with E-state index >= 15 is 0 Å². The van der Waals surface area contributed by atoms with Crippen LogP contribution in [0.1, 0.15) is 33.3 Å². The van der Waals surface area contributed by atoms with Gasteiger partial charge in [-0.2, -0.15) is 0 Å². The van der Waals surface area contributed by atoms with E-state index in [1.54, 1.807) is 19.1 Å². The van der Waals surface area contributed by atoms with E-state index < -0.39 is 0 Å². The molecule has 2 rings (SSSR count). The van der Waals surface area contributed by atoms with Crippen molar-refractivity contribution in [2.75, 3.05) is 12.1 Å². The van der Waals surface area contributed by atoms with E-state index in [-0.39, 0.29) is 16.9 Å². The molecule has 6 nitrogen and oxygen atoms in total. The summed E-state index contributed by atoms with van der Waals surface area (Å²) in [6, 6.07) is 10.2. The van der Waals surface area contributed by atoms with Gasteiger partial charge in [-0.3, -0.25) is 5.01 Å². The predicted molar refractivity (Wildman–Crippen MR) is 111 cm³/mol. The first-order valence-corrected chi connectivity index (χ1v) is 9.25. The molecule has 0 saturated heterocycles. The van der Waals surface area contributed by atoms with Gasteiger partial charge in [0.25, 0.3) is 0 Å². The Hall–Kier alpha value is -2.51. The van der Waals surface area contributed by atoms with Crippen LogP contribution in [0.5, 0.6) is 17.2 Å². The summed E-state index contributed by atoms with van der Waals surface area (Å²) in [5.41, 5.74) is 8.03. The van der Waals surface area contributed by atoms with Crippen LogP contribution in [0, 0.1) is 0 Å². The van der Waals surface area contributed by atoms with Crippen molar-refractivity contribution in [1.29, 1.82) is 0 Å². The van der Waals surface area contributed by atoms with E-state index in [4.69, 9.17) is 16.3 Å². The van der Waals surface area contributed by atoms with Crippen molar-refractivity contribution in [2.24, 2.45) is 11.6 Å². The Bertz CT molecular complexity index is 860. The number of benzene rings is 2. The largest absolute Gasteiger partial charge is 0.508 e. The summed E-state index contributed by atoms with van der Waals surface area (Å²) in [7, 11) is 1.53. The standard InChI is InChI=1S/C20H27N3O3S/c1-12(23(22)16-10-13(24)6-9-18(16)26-5)19(21)27-14-7-8-15(17(25)11-14)20(2,3)4/h6-11,24-25H,21-22H2,1-5H3/b19-12+. The summed E-state index contributed by atoms with van der Waals surface area (Å²) in [5.74, 6) is 7.01. The first-order valence-electron chi connectivity index (χ1n) is 8.44. The van der Waals surface area contributed by atoms with Gasteiger partial charge < -0.3 is 20.7 Å². The molecule has 146 valence electrons. The zero-order valence-electron chi connectivity index (χ0n) is 16.3. The third kappa shape index (κ3) is 4.81. The summed E-state index contributed by atoms with van der Waals surface area (Å²) in [4.78, 5) is 0.800. The molecule has 0 radical (unpaired) electrons. The number of nitrogens with two attached hydrogens (primary N) is 2. The van der Waals surface area contributed by atoms with Crippen LogP contribution in [0.25, 0.3) is 0 Å². The number of hydrogen-bond donors (Lipinski definition) is 4. The number of allylic oxidation sites excluding steroid dienone is 1. The van der Waals surface area contributed by atoms with E-state index in [2.05, 4.69) is 0 Å². The molecule has 0 aliphatic rings. The van der Waals surface area contributed by atoms with Crippen LogP contribution in [0.2, 0.25) is 0 Å². The smallest absolute Gasteiger partial charge is 0.144 e. The van der Waals surface area contributed by atoms with Gasteiger partial charge in [-0.05, 0) is 42.2 Å². The molecule has 0 saturated carbocycles.